The van der Waals surface area contributed by atoms with E-state index < -0.39 is 10.8 Å². The summed E-state index contributed by atoms with van der Waals surface area (Å²) >= 11 is 0. The van der Waals surface area contributed by atoms with Crippen LogP contribution in [0.2, 0.25) is 0 Å². The number of phenolic OH excluding ortho intramolecular Hbond substituents is 1. The molecule has 0 spiro atoms. The fourth-order valence-corrected chi connectivity index (χ4v) is 1.65. The fraction of sp³-hybridized carbons (Fsp3) is 0.0833. The zero-order chi connectivity index (χ0) is 14.0. The van der Waals surface area contributed by atoms with Crippen molar-refractivity contribution in [2.75, 3.05) is 5.32 Å². The van der Waals surface area contributed by atoms with Gasteiger partial charge >= 0.3 is 5.82 Å². The molecular formula is C12H11N3O4. The number of hydrogen-bond acceptors (Lipinski definition) is 4. The van der Waals surface area contributed by atoms with E-state index in [4.69, 9.17) is 5.11 Å². The number of benzene rings is 1. The highest BCUT2D eigenvalue weighted by Crippen LogP contribution is 2.18. The van der Waals surface area contributed by atoms with Gasteiger partial charge in [0.25, 0.3) is 5.91 Å². The van der Waals surface area contributed by atoms with Crippen molar-refractivity contribution < 1.29 is 14.8 Å². The van der Waals surface area contributed by atoms with Crippen LogP contribution in [-0.4, -0.2) is 20.5 Å². The van der Waals surface area contributed by atoms with Gasteiger partial charge in [-0.2, -0.15) is 0 Å². The number of nitrogens with one attached hydrogen (secondary N) is 1. The third-order valence-electron chi connectivity index (χ3n) is 2.64. The lowest BCUT2D eigenvalue weighted by Gasteiger charge is -2.04. The number of amides is 1. The Bertz CT molecular complexity index is 631. The highest BCUT2D eigenvalue weighted by atomic mass is 16.6. The summed E-state index contributed by atoms with van der Waals surface area (Å²) in [5, 5.41) is 22.4. The molecule has 1 aromatic carbocycles. The number of carbonyl (C=O) groups is 1. The second-order valence-corrected chi connectivity index (χ2v) is 3.89. The number of carbonyl (C=O) groups excluding carboxylic acids is 1. The molecule has 2 N–H and O–H groups in total. The SMILES string of the molecule is Cn1c(C(=O)Nc2ccc(O)cc2)ccc1[N+](=O)[O-]. The number of aromatic hydroxyl groups is 1. The van der Waals surface area contributed by atoms with Crippen LogP contribution in [0.5, 0.6) is 5.75 Å². The zero-order valence-corrected chi connectivity index (χ0v) is 10.0. The molecule has 0 atom stereocenters. The first-order valence-electron chi connectivity index (χ1n) is 5.39. The molecule has 0 radical (unpaired) electrons. The molecule has 1 amide bonds. The molecule has 0 bridgehead atoms. The summed E-state index contributed by atoms with van der Waals surface area (Å²) in [5.41, 5.74) is 0.673. The summed E-state index contributed by atoms with van der Waals surface area (Å²) in [7, 11) is 1.45. The minimum atomic E-state index is -0.558. The van der Waals surface area contributed by atoms with Crippen molar-refractivity contribution in [2.24, 2.45) is 7.05 Å². The van der Waals surface area contributed by atoms with Crippen LogP contribution in [0.3, 0.4) is 0 Å². The summed E-state index contributed by atoms with van der Waals surface area (Å²) in [5.74, 6) is -0.523. The Balaban J connectivity index is 2.21. The van der Waals surface area contributed by atoms with Gasteiger partial charge in [0, 0.05) is 11.8 Å². The van der Waals surface area contributed by atoms with Crippen molar-refractivity contribution >= 4 is 17.4 Å². The molecule has 0 saturated heterocycles. The molecule has 0 aliphatic heterocycles. The van der Waals surface area contributed by atoms with Crippen LogP contribution in [0.4, 0.5) is 11.5 Å². The predicted molar refractivity (Wildman–Crippen MR) is 68.1 cm³/mol. The number of nitro groups is 1. The number of aromatic nitrogens is 1. The lowest BCUT2D eigenvalue weighted by Crippen LogP contribution is -2.16. The second-order valence-electron chi connectivity index (χ2n) is 3.89. The zero-order valence-electron chi connectivity index (χ0n) is 10.0. The van der Waals surface area contributed by atoms with Crippen molar-refractivity contribution in [1.82, 2.24) is 4.57 Å². The molecule has 2 rings (SSSR count). The maximum atomic E-state index is 11.9. The van der Waals surface area contributed by atoms with Gasteiger partial charge in [0.2, 0.25) is 0 Å². The number of phenols is 1. The number of rotatable bonds is 3. The first kappa shape index (κ1) is 12.6. The maximum absolute atomic E-state index is 11.9. The predicted octanol–water partition coefficient (Wildman–Crippen LogP) is 1.89. The first-order valence-corrected chi connectivity index (χ1v) is 5.39. The molecule has 7 nitrogen and oxygen atoms in total. The van der Waals surface area contributed by atoms with E-state index in [2.05, 4.69) is 5.32 Å². The molecule has 0 fully saturated rings. The van der Waals surface area contributed by atoms with Crippen molar-refractivity contribution in [3.05, 3.63) is 52.2 Å². The topological polar surface area (TPSA) is 97.4 Å². The molecule has 98 valence electrons. The Morgan fingerprint density at radius 2 is 1.89 bits per heavy atom. The van der Waals surface area contributed by atoms with Crippen molar-refractivity contribution in [2.45, 2.75) is 0 Å². The molecule has 2 aromatic rings. The van der Waals surface area contributed by atoms with E-state index in [1.165, 1.54) is 48.0 Å². The highest BCUT2D eigenvalue weighted by molar-refractivity contribution is 6.03. The van der Waals surface area contributed by atoms with Crippen LogP contribution in [-0.2, 0) is 7.05 Å². The largest absolute Gasteiger partial charge is 0.508 e. The van der Waals surface area contributed by atoms with Crippen molar-refractivity contribution in [1.29, 1.82) is 0 Å². The van der Waals surface area contributed by atoms with Gasteiger partial charge in [-0.1, -0.05) is 0 Å². The summed E-state index contributed by atoms with van der Waals surface area (Å²) in [6.07, 6.45) is 0. The van der Waals surface area contributed by atoms with Gasteiger partial charge in [0.15, 0.2) is 5.69 Å². The number of nitrogens with zero attached hydrogens (tertiary/aromatic N) is 2. The summed E-state index contributed by atoms with van der Waals surface area (Å²) in [6.45, 7) is 0. The van der Waals surface area contributed by atoms with Crippen molar-refractivity contribution in [3.63, 3.8) is 0 Å². The lowest BCUT2D eigenvalue weighted by molar-refractivity contribution is -0.391. The Labute approximate surface area is 108 Å². The Morgan fingerprint density at radius 1 is 1.26 bits per heavy atom. The standard InChI is InChI=1S/C12H11N3O4/c1-14-10(6-7-11(14)15(18)19)12(17)13-8-2-4-9(16)5-3-8/h2-7,16H,1H3,(H,13,17). The molecule has 0 unspecified atom stereocenters. The van der Waals surface area contributed by atoms with Gasteiger partial charge in [-0.15, -0.1) is 0 Å². The minimum absolute atomic E-state index is 0.0903. The molecular weight excluding hydrogens is 250 g/mol. The van der Waals surface area contributed by atoms with E-state index >= 15 is 0 Å². The van der Waals surface area contributed by atoms with Crippen LogP contribution in [0, 0.1) is 10.1 Å². The fourth-order valence-electron chi connectivity index (χ4n) is 1.65. The van der Waals surface area contributed by atoms with Gasteiger partial charge in [0.1, 0.15) is 5.75 Å². The maximum Gasteiger partial charge on any atom is 0.323 e. The van der Waals surface area contributed by atoms with E-state index in [9.17, 15) is 14.9 Å². The van der Waals surface area contributed by atoms with E-state index in [1.807, 2.05) is 0 Å². The molecule has 1 heterocycles. The Morgan fingerprint density at radius 3 is 2.42 bits per heavy atom. The van der Waals surface area contributed by atoms with Gasteiger partial charge in [-0.25, -0.2) is 4.57 Å². The van der Waals surface area contributed by atoms with Crippen LogP contribution >= 0.6 is 0 Å². The molecule has 0 aliphatic carbocycles. The molecule has 0 aliphatic rings. The average Bonchev–Trinajstić information content (AvgIpc) is 2.74. The van der Waals surface area contributed by atoms with Crippen LogP contribution in [0.25, 0.3) is 0 Å². The smallest absolute Gasteiger partial charge is 0.323 e. The quantitative estimate of drug-likeness (QED) is 0.500. The monoisotopic (exact) mass is 261 g/mol. The summed E-state index contributed by atoms with van der Waals surface area (Å²) in [6, 6.07) is 8.58. The van der Waals surface area contributed by atoms with E-state index in [0.29, 0.717) is 5.69 Å². The molecule has 7 heteroatoms. The molecule has 19 heavy (non-hydrogen) atoms. The van der Waals surface area contributed by atoms with E-state index in [-0.39, 0.29) is 17.3 Å². The van der Waals surface area contributed by atoms with Crippen LogP contribution < -0.4 is 5.32 Å². The average molecular weight is 261 g/mol. The number of anilines is 1. The Kier molecular flexibility index (Phi) is 3.19. The first-order chi connectivity index (χ1) is 8.99. The molecule has 1 aromatic heterocycles. The highest BCUT2D eigenvalue weighted by Gasteiger charge is 2.20. The van der Waals surface area contributed by atoms with Crippen LogP contribution in [0.15, 0.2) is 36.4 Å². The van der Waals surface area contributed by atoms with Crippen LogP contribution in [0.1, 0.15) is 10.5 Å². The Hall–Kier alpha value is -2.83. The van der Waals surface area contributed by atoms with Gasteiger partial charge in [-0.05, 0) is 35.3 Å². The minimum Gasteiger partial charge on any atom is -0.508 e. The summed E-state index contributed by atoms with van der Waals surface area (Å²) < 4.78 is 1.20. The lowest BCUT2D eigenvalue weighted by atomic mass is 10.3. The normalized spacial score (nSPS) is 10.2. The van der Waals surface area contributed by atoms with Gasteiger partial charge < -0.3 is 20.5 Å². The second kappa shape index (κ2) is 4.81. The number of hydrogen-bond donors (Lipinski definition) is 2. The van der Waals surface area contributed by atoms with E-state index in [1.54, 1.807) is 0 Å². The van der Waals surface area contributed by atoms with Gasteiger partial charge in [0.05, 0.1) is 7.05 Å². The van der Waals surface area contributed by atoms with Crippen molar-refractivity contribution in [3.8, 4) is 5.75 Å². The van der Waals surface area contributed by atoms with Gasteiger partial charge in [-0.3, -0.25) is 4.79 Å². The third kappa shape index (κ3) is 2.54. The third-order valence-corrected chi connectivity index (χ3v) is 2.64. The van der Waals surface area contributed by atoms with E-state index in [0.717, 1.165) is 0 Å². The summed E-state index contributed by atoms with van der Waals surface area (Å²) in [4.78, 5) is 22.1. The molecule has 0 saturated carbocycles.